The van der Waals surface area contributed by atoms with E-state index in [2.05, 4.69) is 24.8 Å². The first-order valence-electron chi connectivity index (χ1n) is 7.71. The molecular formula is C16H18N6. The van der Waals surface area contributed by atoms with Crippen molar-refractivity contribution in [3.05, 3.63) is 30.4 Å². The van der Waals surface area contributed by atoms with Gasteiger partial charge in [0, 0.05) is 31.0 Å². The standard InChI is InChI=1S/C16H18N6/c1-11-18-15-13(16(19-11)22-8-3-2-4-9-22)20-14(21-15)12-6-5-7-17-10-12/h5-7,10H,2-4,8-9H2,1H3,(H,18,19,20,21). The Morgan fingerprint density at radius 1 is 1.09 bits per heavy atom. The van der Waals surface area contributed by atoms with Crippen LogP contribution < -0.4 is 4.90 Å². The minimum atomic E-state index is 0.773. The second-order valence-corrected chi connectivity index (χ2v) is 5.67. The Morgan fingerprint density at radius 2 is 1.95 bits per heavy atom. The molecule has 1 N–H and O–H groups in total. The highest BCUT2D eigenvalue weighted by atomic mass is 15.2. The topological polar surface area (TPSA) is 70.6 Å². The molecule has 1 fully saturated rings. The number of aromatic amines is 1. The van der Waals surface area contributed by atoms with E-state index in [4.69, 9.17) is 4.98 Å². The first-order chi connectivity index (χ1) is 10.8. The number of hydrogen-bond donors (Lipinski definition) is 1. The van der Waals surface area contributed by atoms with Crippen LogP contribution in [0.1, 0.15) is 25.1 Å². The molecule has 4 heterocycles. The van der Waals surface area contributed by atoms with Gasteiger partial charge in [-0.1, -0.05) is 0 Å². The summed E-state index contributed by atoms with van der Waals surface area (Å²) in [6.45, 7) is 4.01. The van der Waals surface area contributed by atoms with Crippen LogP contribution in [0.4, 0.5) is 5.82 Å². The molecule has 1 aliphatic rings. The van der Waals surface area contributed by atoms with Gasteiger partial charge < -0.3 is 9.88 Å². The second kappa shape index (κ2) is 5.36. The molecule has 0 atom stereocenters. The van der Waals surface area contributed by atoms with Crippen LogP contribution >= 0.6 is 0 Å². The molecule has 6 nitrogen and oxygen atoms in total. The molecule has 0 unspecified atom stereocenters. The van der Waals surface area contributed by atoms with Gasteiger partial charge in [0.25, 0.3) is 0 Å². The number of rotatable bonds is 2. The monoisotopic (exact) mass is 294 g/mol. The van der Waals surface area contributed by atoms with E-state index in [1.807, 2.05) is 19.1 Å². The minimum absolute atomic E-state index is 0.773. The van der Waals surface area contributed by atoms with Gasteiger partial charge in [-0.2, -0.15) is 0 Å². The smallest absolute Gasteiger partial charge is 0.163 e. The van der Waals surface area contributed by atoms with Crippen LogP contribution in [0.5, 0.6) is 0 Å². The fourth-order valence-corrected chi connectivity index (χ4v) is 2.96. The number of piperidine rings is 1. The number of aryl methyl sites for hydroxylation is 1. The zero-order chi connectivity index (χ0) is 14.9. The van der Waals surface area contributed by atoms with Gasteiger partial charge >= 0.3 is 0 Å². The Bertz CT molecular complexity index is 789. The molecule has 22 heavy (non-hydrogen) atoms. The highest BCUT2D eigenvalue weighted by molar-refractivity contribution is 5.86. The van der Waals surface area contributed by atoms with Crippen molar-refractivity contribution in [2.24, 2.45) is 0 Å². The molecule has 6 heteroatoms. The molecule has 1 saturated heterocycles. The Labute approximate surface area is 128 Å². The van der Waals surface area contributed by atoms with Crippen molar-refractivity contribution in [3.8, 4) is 11.4 Å². The third-order valence-electron chi connectivity index (χ3n) is 4.03. The van der Waals surface area contributed by atoms with E-state index >= 15 is 0 Å². The molecule has 0 bridgehead atoms. The number of fused-ring (bicyclic) bond motifs is 1. The lowest BCUT2D eigenvalue weighted by Crippen LogP contribution is -2.30. The van der Waals surface area contributed by atoms with Crippen LogP contribution in [0, 0.1) is 6.92 Å². The summed E-state index contributed by atoms with van der Waals surface area (Å²) in [5, 5.41) is 0. The maximum Gasteiger partial charge on any atom is 0.163 e. The number of nitrogens with zero attached hydrogens (tertiary/aromatic N) is 5. The normalized spacial score (nSPS) is 15.4. The zero-order valence-electron chi connectivity index (χ0n) is 12.6. The van der Waals surface area contributed by atoms with Crippen molar-refractivity contribution in [1.82, 2.24) is 24.9 Å². The number of aromatic nitrogens is 5. The average Bonchev–Trinajstić information content (AvgIpc) is 2.99. The van der Waals surface area contributed by atoms with Crippen LogP contribution in [0.2, 0.25) is 0 Å². The summed E-state index contributed by atoms with van der Waals surface area (Å²) in [6, 6.07) is 3.90. The molecule has 112 valence electrons. The Morgan fingerprint density at radius 3 is 2.73 bits per heavy atom. The second-order valence-electron chi connectivity index (χ2n) is 5.67. The number of H-pyrrole nitrogens is 1. The van der Waals surface area contributed by atoms with E-state index in [-0.39, 0.29) is 0 Å². The summed E-state index contributed by atoms with van der Waals surface area (Å²) in [4.78, 5) is 23.7. The van der Waals surface area contributed by atoms with E-state index in [1.165, 1.54) is 19.3 Å². The lowest BCUT2D eigenvalue weighted by atomic mass is 10.1. The Balaban J connectivity index is 1.84. The molecule has 0 radical (unpaired) electrons. The summed E-state index contributed by atoms with van der Waals surface area (Å²) >= 11 is 0. The molecule has 0 amide bonds. The van der Waals surface area contributed by atoms with E-state index in [1.54, 1.807) is 12.4 Å². The van der Waals surface area contributed by atoms with Gasteiger partial charge in [-0.3, -0.25) is 4.98 Å². The predicted molar refractivity (Wildman–Crippen MR) is 85.7 cm³/mol. The molecule has 3 aromatic heterocycles. The quantitative estimate of drug-likeness (QED) is 0.787. The maximum atomic E-state index is 4.74. The van der Waals surface area contributed by atoms with Gasteiger partial charge in [0.05, 0.1) is 0 Å². The number of nitrogens with one attached hydrogen (secondary N) is 1. The predicted octanol–water partition coefficient (Wildman–Crippen LogP) is 2.71. The lowest BCUT2D eigenvalue weighted by Gasteiger charge is -2.27. The summed E-state index contributed by atoms with van der Waals surface area (Å²) in [5.74, 6) is 2.52. The highest BCUT2D eigenvalue weighted by Crippen LogP contribution is 2.27. The molecule has 0 spiro atoms. The molecule has 1 aliphatic heterocycles. The fourth-order valence-electron chi connectivity index (χ4n) is 2.96. The van der Waals surface area contributed by atoms with Gasteiger partial charge in [-0.25, -0.2) is 15.0 Å². The molecule has 0 aliphatic carbocycles. The Kier molecular flexibility index (Phi) is 3.21. The highest BCUT2D eigenvalue weighted by Gasteiger charge is 2.19. The molecule has 0 saturated carbocycles. The summed E-state index contributed by atoms with van der Waals surface area (Å²) in [7, 11) is 0. The van der Waals surface area contributed by atoms with Crippen molar-refractivity contribution in [3.63, 3.8) is 0 Å². The fraction of sp³-hybridized carbons (Fsp3) is 0.375. The molecule has 4 rings (SSSR count). The number of imidazole rings is 1. The average molecular weight is 294 g/mol. The zero-order valence-corrected chi connectivity index (χ0v) is 12.6. The van der Waals surface area contributed by atoms with Gasteiger partial charge in [0.15, 0.2) is 17.0 Å². The number of anilines is 1. The van der Waals surface area contributed by atoms with Gasteiger partial charge in [0.1, 0.15) is 11.6 Å². The van der Waals surface area contributed by atoms with Crippen LogP contribution in [-0.4, -0.2) is 38.0 Å². The SMILES string of the molecule is Cc1nc(N2CCCCC2)c2nc(-c3cccnc3)[nH]c2n1. The third-order valence-corrected chi connectivity index (χ3v) is 4.03. The number of pyridine rings is 1. The van der Waals surface area contributed by atoms with E-state index in [0.29, 0.717) is 0 Å². The first-order valence-corrected chi connectivity index (χ1v) is 7.71. The van der Waals surface area contributed by atoms with E-state index in [9.17, 15) is 0 Å². The van der Waals surface area contributed by atoms with Gasteiger partial charge in [-0.15, -0.1) is 0 Å². The van der Waals surface area contributed by atoms with Crippen molar-refractivity contribution in [1.29, 1.82) is 0 Å². The molecule has 3 aromatic rings. The van der Waals surface area contributed by atoms with Gasteiger partial charge in [-0.05, 0) is 38.3 Å². The van der Waals surface area contributed by atoms with Crippen LogP contribution in [0.15, 0.2) is 24.5 Å². The third kappa shape index (κ3) is 2.30. The summed E-state index contributed by atoms with van der Waals surface area (Å²) in [5.41, 5.74) is 2.61. The van der Waals surface area contributed by atoms with Crippen molar-refractivity contribution in [2.45, 2.75) is 26.2 Å². The Hall–Kier alpha value is -2.50. The van der Waals surface area contributed by atoms with Crippen molar-refractivity contribution >= 4 is 17.0 Å². The molecular weight excluding hydrogens is 276 g/mol. The van der Waals surface area contributed by atoms with Crippen molar-refractivity contribution < 1.29 is 0 Å². The van der Waals surface area contributed by atoms with Crippen molar-refractivity contribution in [2.75, 3.05) is 18.0 Å². The van der Waals surface area contributed by atoms with Crippen LogP contribution in [0.25, 0.3) is 22.6 Å². The summed E-state index contributed by atoms with van der Waals surface area (Å²) < 4.78 is 0. The first kappa shape index (κ1) is 13.2. The molecule has 0 aromatic carbocycles. The van der Waals surface area contributed by atoms with E-state index in [0.717, 1.165) is 47.3 Å². The van der Waals surface area contributed by atoms with Crippen LogP contribution in [-0.2, 0) is 0 Å². The summed E-state index contributed by atoms with van der Waals surface area (Å²) in [6.07, 6.45) is 7.29. The maximum absolute atomic E-state index is 4.74. The largest absolute Gasteiger partial charge is 0.355 e. The van der Waals surface area contributed by atoms with Crippen LogP contribution in [0.3, 0.4) is 0 Å². The van der Waals surface area contributed by atoms with E-state index < -0.39 is 0 Å². The number of hydrogen-bond acceptors (Lipinski definition) is 5. The lowest BCUT2D eigenvalue weighted by molar-refractivity contribution is 0.574. The van der Waals surface area contributed by atoms with Gasteiger partial charge in [0.2, 0.25) is 0 Å². The minimum Gasteiger partial charge on any atom is -0.355 e.